The summed E-state index contributed by atoms with van der Waals surface area (Å²) in [4.78, 5) is 0. The van der Waals surface area contributed by atoms with E-state index < -0.39 is 17.9 Å². The van der Waals surface area contributed by atoms with Gasteiger partial charge >= 0.3 is 51.9 Å². The molecule has 0 aromatic rings. The van der Waals surface area contributed by atoms with Crippen LogP contribution in [-0.4, -0.2) is 17.9 Å². The summed E-state index contributed by atoms with van der Waals surface area (Å²) >= 11 is -1.87. The van der Waals surface area contributed by atoms with Gasteiger partial charge in [0.25, 0.3) is 0 Å². The van der Waals surface area contributed by atoms with Crippen molar-refractivity contribution in [2.45, 2.75) is 0 Å². The van der Waals surface area contributed by atoms with Gasteiger partial charge in [-0.3, -0.25) is 0 Å². The Bertz CT molecular complexity index is 72.9. The van der Waals surface area contributed by atoms with Gasteiger partial charge in [-0.15, -0.1) is 0 Å². The van der Waals surface area contributed by atoms with Crippen molar-refractivity contribution in [3.05, 3.63) is 16.3 Å². The SMILES string of the molecule is C=C=[CH][Sb]([Cl])[Cl]. The second kappa shape index (κ2) is 4.09. The maximum atomic E-state index is 5.37. The van der Waals surface area contributed by atoms with Crippen LogP contribution in [0.5, 0.6) is 0 Å². The van der Waals surface area contributed by atoms with Gasteiger partial charge < -0.3 is 0 Å². The van der Waals surface area contributed by atoms with E-state index in [1.165, 1.54) is 0 Å². The van der Waals surface area contributed by atoms with Crippen LogP contribution in [0.4, 0.5) is 0 Å². The van der Waals surface area contributed by atoms with Gasteiger partial charge in [-0.2, -0.15) is 0 Å². The molecule has 34 valence electrons. The third kappa shape index (κ3) is 4.92. The van der Waals surface area contributed by atoms with Gasteiger partial charge in [-0.1, -0.05) is 0 Å². The minimum atomic E-state index is -1.87. The van der Waals surface area contributed by atoms with Gasteiger partial charge in [0, 0.05) is 0 Å². The van der Waals surface area contributed by atoms with E-state index in [2.05, 4.69) is 12.3 Å². The van der Waals surface area contributed by atoms with Crippen LogP contribution >= 0.6 is 17.7 Å². The molecule has 0 rings (SSSR count). The van der Waals surface area contributed by atoms with E-state index in [4.69, 9.17) is 17.7 Å². The number of rotatable bonds is 1. The van der Waals surface area contributed by atoms with E-state index in [1.807, 2.05) is 0 Å². The molecule has 0 unspecified atom stereocenters. The van der Waals surface area contributed by atoms with Crippen LogP contribution in [0.3, 0.4) is 0 Å². The number of hydrogen-bond donors (Lipinski definition) is 0. The minimum absolute atomic E-state index is 1.64. The Morgan fingerprint density at radius 2 is 2.17 bits per heavy atom. The van der Waals surface area contributed by atoms with E-state index in [9.17, 15) is 0 Å². The standard InChI is InChI=1S/C3H3.2ClH.Sb/c1-3-2;;;/h1H,2H2;2*1H;/q;;;+2/p-2. The fraction of sp³-hybridized carbons (Fsp3) is 0. The van der Waals surface area contributed by atoms with Crippen LogP contribution < -0.4 is 0 Å². The van der Waals surface area contributed by atoms with E-state index in [1.54, 1.807) is 4.02 Å². The summed E-state index contributed by atoms with van der Waals surface area (Å²) in [6.45, 7) is 3.30. The molecule has 0 aromatic carbocycles. The van der Waals surface area contributed by atoms with E-state index in [-0.39, 0.29) is 0 Å². The molecule has 0 saturated heterocycles. The Hall–Kier alpha value is 0.918. The predicted molar refractivity (Wildman–Crippen MR) is 31.2 cm³/mol. The van der Waals surface area contributed by atoms with Crippen LogP contribution in [0.2, 0.25) is 0 Å². The molecular formula is C3H3Cl2Sb. The molecule has 0 saturated carbocycles. The van der Waals surface area contributed by atoms with Crippen LogP contribution in [0, 0.1) is 0 Å². The Kier molecular flexibility index (Phi) is 4.71. The zero-order valence-electron chi connectivity index (χ0n) is 2.99. The molecule has 3 heteroatoms. The monoisotopic (exact) mass is 230 g/mol. The summed E-state index contributed by atoms with van der Waals surface area (Å²) in [6, 6.07) is 0. The van der Waals surface area contributed by atoms with E-state index >= 15 is 0 Å². The third-order valence-corrected chi connectivity index (χ3v) is 2.58. The first kappa shape index (κ1) is 6.92. The topological polar surface area (TPSA) is 0 Å². The van der Waals surface area contributed by atoms with Crippen molar-refractivity contribution < 1.29 is 0 Å². The molecule has 0 heterocycles. The molecule has 0 aliphatic heterocycles. The second-order valence-electron chi connectivity index (χ2n) is 0.592. The first-order valence-electron chi connectivity index (χ1n) is 1.24. The summed E-state index contributed by atoms with van der Waals surface area (Å²) in [5, 5.41) is 0. The molecule has 6 heavy (non-hydrogen) atoms. The van der Waals surface area contributed by atoms with E-state index in [0.29, 0.717) is 0 Å². The Morgan fingerprint density at radius 3 is 2.17 bits per heavy atom. The average molecular weight is 232 g/mol. The van der Waals surface area contributed by atoms with Crippen LogP contribution in [0.1, 0.15) is 0 Å². The van der Waals surface area contributed by atoms with E-state index in [0.717, 1.165) is 0 Å². The Labute approximate surface area is 51.8 Å². The normalized spacial score (nSPS) is 7.83. The fourth-order valence-electron chi connectivity index (χ4n) is 0.0690. The molecule has 0 bridgehead atoms. The van der Waals surface area contributed by atoms with Crippen molar-refractivity contribution >= 4 is 35.6 Å². The van der Waals surface area contributed by atoms with Gasteiger partial charge in [0.05, 0.1) is 0 Å². The average Bonchev–Trinajstić information content (AvgIpc) is 1.35. The van der Waals surface area contributed by atoms with Gasteiger partial charge in [0.1, 0.15) is 0 Å². The van der Waals surface area contributed by atoms with Crippen LogP contribution in [-0.2, 0) is 0 Å². The summed E-state index contributed by atoms with van der Waals surface area (Å²) in [6.07, 6.45) is 0. The summed E-state index contributed by atoms with van der Waals surface area (Å²) in [7, 11) is 10.7. The predicted octanol–water partition coefficient (Wildman–Crippen LogP) is 1.83. The first-order valence-corrected chi connectivity index (χ1v) is 9.18. The number of hydrogen-bond acceptors (Lipinski definition) is 0. The summed E-state index contributed by atoms with van der Waals surface area (Å²) in [5.41, 5.74) is 2.51. The molecule has 0 nitrogen and oxygen atoms in total. The summed E-state index contributed by atoms with van der Waals surface area (Å²) in [5.74, 6) is 0. The summed E-state index contributed by atoms with van der Waals surface area (Å²) < 4.78 is 1.64. The molecular weight excluding hydrogens is 229 g/mol. The van der Waals surface area contributed by atoms with Gasteiger partial charge in [-0.05, 0) is 0 Å². The molecule has 0 aromatic heterocycles. The van der Waals surface area contributed by atoms with Crippen molar-refractivity contribution in [2.24, 2.45) is 0 Å². The van der Waals surface area contributed by atoms with Crippen molar-refractivity contribution in [3.8, 4) is 0 Å². The van der Waals surface area contributed by atoms with Gasteiger partial charge in [-0.25, -0.2) is 0 Å². The fourth-order valence-corrected chi connectivity index (χ4v) is 1.39. The van der Waals surface area contributed by atoms with Crippen molar-refractivity contribution in [1.29, 1.82) is 0 Å². The molecule has 0 atom stereocenters. The van der Waals surface area contributed by atoms with Gasteiger partial charge in [0.15, 0.2) is 0 Å². The second-order valence-corrected chi connectivity index (χ2v) is 8.86. The molecule has 0 radical (unpaired) electrons. The molecule has 0 aliphatic carbocycles. The third-order valence-electron chi connectivity index (χ3n) is 0.189. The zero-order chi connectivity index (χ0) is 4.99. The maximum absolute atomic E-state index is 5.37. The first-order chi connectivity index (χ1) is 2.77. The molecule has 0 amide bonds. The van der Waals surface area contributed by atoms with Crippen LogP contribution in [0.15, 0.2) is 16.3 Å². The quantitative estimate of drug-likeness (QED) is 0.477. The van der Waals surface area contributed by atoms with Crippen LogP contribution in [0.25, 0.3) is 0 Å². The van der Waals surface area contributed by atoms with Gasteiger partial charge in [0.2, 0.25) is 0 Å². The van der Waals surface area contributed by atoms with Crippen molar-refractivity contribution in [3.63, 3.8) is 0 Å². The number of halogens is 2. The Balaban J connectivity index is 3.29. The zero-order valence-corrected chi connectivity index (χ0v) is 7.05. The molecule has 0 N–H and O–H groups in total. The van der Waals surface area contributed by atoms with Crippen molar-refractivity contribution in [2.75, 3.05) is 0 Å². The Morgan fingerprint density at radius 1 is 1.67 bits per heavy atom. The molecule has 0 aliphatic rings. The van der Waals surface area contributed by atoms with Crippen molar-refractivity contribution in [1.82, 2.24) is 0 Å². The molecule has 0 fully saturated rings. The molecule has 0 spiro atoms.